The van der Waals surface area contributed by atoms with E-state index >= 15 is 0 Å². The highest BCUT2D eigenvalue weighted by molar-refractivity contribution is 7.99. The molecule has 0 aromatic carbocycles. The number of methoxy groups -OCH3 is 1. The molecule has 1 aliphatic heterocycles. The van der Waals surface area contributed by atoms with Crippen LogP contribution in [-0.2, 0) is 9.53 Å². The average Bonchev–Trinajstić information content (AvgIpc) is 2.26. The molecule has 0 radical (unpaired) electrons. The summed E-state index contributed by atoms with van der Waals surface area (Å²) in [6, 6.07) is 0. The Hall–Kier alpha value is -0.180. The van der Waals surface area contributed by atoms with Crippen LogP contribution in [0.4, 0.5) is 0 Å². The van der Waals surface area contributed by atoms with Crippen LogP contribution in [0.3, 0.4) is 0 Å². The summed E-state index contributed by atoms with van der Waals surface area (Å²) in [5.74, 6) is 2.24. The summed E-state index contributed by atoms with van der Waals surface area (Å²) in [4.78, 5) is 11.8. The zero-order chi connectivity index (χ0) is 10.4. The number of hydrogen-bond donors (Lipinski definition) is 0. The molecule has 0 aromatic heterocycles. The van der Waals surface area contributed by atoms with Crippen molar-refractivity contribution in [3.8, 4) is 0 Å². The van der Waals surface area contributed by atoms with Crippen LogP contribution in [0.1, 0.15) is 39.0 Å². The van der Waals surface area contributed by atoms with Gasteiger partial charge in [-0.1, -0.05) is 19.8 Å². The fraction of sp³-hybridized carbons (Fsp3) is 0.909. The van der Waals surface area contributed by atoms with Gasteiger partial charge in [0.15, 0.2) is 0 Å². The number of esters is 1. The maximum Gasteiger partial charge on any atom is 0.311 e. The van der Waals surface area contributed by atoms with E-state index in [2.05, 4.69) is 6.92 Å². The van der Waals surface area contributed by atoms with E-state index in [1.54, 1.807) is 0 Å². The number of hydrogen-bond acceptors (Lipinski definition) is 3. The molecular weight excluding hydrogens is 196 g/mol. The fourth-order valence-corrected chi connectivity index (χ4v) is 3.32. The van der Waals surface area contributed by atoms with Gasteiger partial charge >= 0.3 is 5.97 Å². The molecule has 1 heterocycles. The molecule has 2 nitrogen and oxygen atoms in total. The van der Waals surface area contributed by atoms with E-state index in [0.717, 1.165) is 43.6 Å². The van der Waals surface area contributed by atoms with Crippen molar-refractivity contribution in [3.05, 3.63) is 0 Å². The quantitative estimate of drug-likeness (QED) is 0.676. The number of ether oxygens (including phenoxy) is 1. The summed E-state index contributed by atoms with van der Waals surface area (Å²) in [6.45, 7) is 2.17. The predicted octanol–water partition coefficient (Wildman–Crippen LogP) is 2.86. The molecule has 0 amide bonds. The Bertz CT molecular complexity index is 186. The van der Waals surface area contributed by atoms with Gasteiger partial charge in [0.1, 0.15) is 0 Å². The molecule has 3 heteroatoms. The van der Waals surface area contributed by atoms with Crippen LogP contribution in [0.25, 0.3) is 0 Å². The monoisotopic (exact) mass is 216 g/mol. The molecule has 0 spiro atoms. The van der Waals surface area contributed by atoms with Crippen LogP contribution in [0, 0.1) is 5.41 Å². The first-order valence-corrected chi connectivity index (χ1v) is 6.57. The lowest BCUT2D eigenvalue weighted by atomic mass is 9.77. The van der Waals surface area contributed by atoms with Gasteiger partial charge in [0.2, 0.25) is 0 Å². The van der Waals surface area contributed by atoms with Crippen molar-refractivity contribution < 1.29 is 9.53 Å². The van der Waals surface area contributed by atoms with Gasteiger partial charge in [-0.25, -0.2) is 0 Å². The first-order chi connectivity index (χ1) is 6.75. The van der Waals surface area contributed by atoms with Gasteiger partial charge in [-0.15, -0.1) is 0 Å². The molecular formula is C11H20O2S. The smallest absolute Gasteiger partial charge is 0.311 e. The van der Waals surface area contributed by atoms with Crippen LogP contribution < -0.4 is 0 Å². The van der Waals surface area contributed by atoms with E-state index in [4.69, 9.17) is 4.74 Å². The maximum atomic E-state index is 11.8. The molecule has 0 unspecified atom stereocenters. The number of rotatable bonds is 4. The molecule has 1 rings (SSSR count). The van der Waals surface area contributed by atoms with E-state index in [0.29, 0.717) is 0 Å². The van der Waals surface area contributed by atoms with E-state index in [9.17, 15) is 4.79 Å². The molecule has 14 heavy (non-hydrogen) atoms. The second-order valence-electron chi connectivity index (χ2n) is 3.99. The Kier molecular flexibility index (Phi) is 4.79. The first kappa shape index (κ1) is 11.9. The van der Waals surface area contributed by atoms with Gasteiger partial charge in [0, 0.05) is 0 Å². The standard InChI is InChI=1S/C11H20O2S/c1-3-4-5-11(10(12)13-2)6-8-14-9-7-11/h3-9H2,1-2H3. The van der Waals surface area contributed by atoms with Gasteiger partial charge in [-0.2, -0.15) is 11.8 Å². The van der Waals surface area contributed by atoms with Gasteiger partial charge in [0.05, 0.1) is 12.5 Å². The molecule has 1 fully saturated rings. The van der Waals surface area contributed by atoms with Crippen LogP contribution >= 0.6 is 11.8 Å². The lowest BCUT2D eigenvalue weighted by molar-refractivity contribution is -0.154. The highest BCUT2D eigenvalue weighted by Crippen LogP contribution is 2.40. The van der Waals surface area contributed by atoms with E-state index in [1.165, 1.54) is 7.11 Å². The fourth-order valence-electron chi connectivity index (χ4n) is 2.05. The topological polar surface area (TPSA) is 26.3 Å². The van der Waals surface area contributed by atoms with Crippen molar-refractivity contribution in [1.82, 2.24) is 0 Å². The van der Waals surface area contributed by atoms with E-state index in [-0.39, 0.29) is 11.4 Å². The maximum absolute atomic E-state index is 11.8. The minimum Gasteiger partial charge on any atom is -0.469 e. The Morgan fingerprint density at radius 3 is 2.57 bits per heavy atom. The molecule has 0 N–H and O–H groups in total. The van der Waals surface area contributed by atoms with Gasteiger partial charge < -0.3 is 4.74 Å². The third-order valence-corrected chi connectivity index (χ3v) is 4.06. The van der Waals surface area contributed by atoms with E-state index < -0.39 is 0 Å². The molecule has 82 valence electrons. The number of thioether (sulfide) groups is 1. The van der Waals surface area contributed by atoms with Crippen molar-refractivity contribution >= 4 is 17.7 Å². The molecule has 1 aliphatic rings. The lowest BCUT2D eigenvalue weighted by Gasteiger charge is -2.34. The second kappa shape index (κ2) is 5.64. The normalized spacial score (nSPS) is 20.4. The Balaban J connectivity index is 2.61. The molecule has 0 saturated carbocycles. The largest absolute Gasteiger partial charge is 0.469 e. The lowest BCUT2D eigenvalue weighted by Crippen LogP contribution is -2.36. The number of carbonyl (C=O) groups excluding carboxylic acids is 1. The summed E-state index contributed by atoms with van der Waals surface area (Å²) < 4.78 is 4.94. The Labute approximate surface area is 90.8 Å². The van der Waals surface area contributed by atoms with Gasteiger partial charge in [0.25, 0.3) is 0 Å². The Morgan fingerprint density at radius 2 is 2.07 bits per heavy atom. The SMILES string of the molecule is CCCCC1(C(=O)OC)CCSCC1. The van der Waals surface area contributed by atoms with Gasteiger partial charge in [-0.05, 0) is 30.8 Å². The van der Waals surface area contributed by atoms with Crippen molar-refractivity contribution in [3.63, 3.8) is 0 Å². The second-order valence-corrected chi connectivity index (χ2v) is 5.21. The zero-order valence-electron chi connectivity index (χ0n) is 9.17. The number of unbranched alkanes of at least 4 members (excludes halogenated alkanes) is 1. The third kappa shape index (κ3) is 2.66. The summed E-state index contributed by atoms with van der Waals surface area (Å²) in [6.07, 6.45) is 5.32. The number of carbonyl (C=O) groups is 1. The van der Waals surface area contributed by atoms with Crippen molar-refractivity contribution in [1.29, 1.82) is 0 Å². The minimum absolute atomic E-state index is 0.0197. The molecule has 0 atom stereocenters. The molecule has 1 saturated heterocycles. The molecule has 0 aromatic rings. The highest BCUT2D eigenvalue weighted by Gasteiger charge is 2.39. The molecule has 0 bridgehead atoms. The first-order valence-electron chi connectivity index (χ1n) is 5.41. The van der Waals surface area contributed by atoms with Gasteiger partial charge in [-0.3, -0.25) is 4.79 Å². The van der Waals surface area contributed by atoms with Crippen molar-refractivity contribution in [2.75, 3.05) is 18.6 Å². The summed E-state index contributed by atoms with van der Waals surface area (Å²) in [7, 11) is 1.51. The van der Waals surface area contributed by atoms with Crippen molar-refractivity contribution in [2.24, 2.45) is 5.41 Å². The van der Waals surface area contributed by atoms with Crippen LogP contribution in [-0.4, -0.2) is 24.6 Å². The van der Waals surface area contributed by atoms with Crippen LogP contribution in [0.15, 0.2) is 0 Å². The molecule has 0 aliphatic carbocycles. The highest BCUT2D eigenvalue weighted by atomic mass is 32.2. The van der Waals surface area contributed by atoms with Crippen LogP contribution in [0.2, 0.25) is 0 Å². The Morgan fingerprint density at radius 1 is 1.43 bits per heavy atom. The zero-order valence-corrected chi connectivity index (χ0v) is 9.99. The summed E-state index contributed by atoms with van der Waals surface area (Å²) in [5, 5.41) is 0. The van der Waals surface area contributed by atoms with E-state index in [1.807, 2.05) is 11.8 Å². The van der Waals surface area contributed by atoms with Crippen molar-refractivity contribution in [2.45, 2.75) is 39.0 Å². The third-order valence-electron chi connectivity index (χ3n) is 3.08. The summed E-state index contributed by atoms with van der Waals surface area (Å²) >= 11 is 1.95. The predicted molar refractivity (Wildman–Crippen MR) is 60.5 cm³/mol. The average molecular weight is 216 g/mol. The minimum atomic E-state index is -0.143. The summed E-state index contributed by atoms with van der Waals surface area (Å²) in [5.41, 5.74) is -0.143. The van der Waals surface area contributed by atoms with Crippen LogP contribution in [0.5, 0.6) is 0 Å².